The number of benzene rings is 3. The Balaban J connectivity index is 0.000000267. The van der Waals surface area contributed by atoms with Gasteiger partial charge >= 0.3 is 11.9 Å². The third-order valence-corrected chi connectivity index (χ3v) is 9.83. The lowest BCUT2D eigenvalue weighted by atomic mass is 10.1. The van der Waals surface area contributed by atoms with E-state index in [1.165, 1.54) is 102 Å². The zero-order chi connectivity index (χ0) is 41.4. The van der Waals surface area contributed by atoms with Gasteiger partial charge in [0, 0.05) is 35.9 Å². The highest BCUT2D eigenvalue weighted by atomic mass is 19.1. The summed E-state index contributed by atoms with van der Waals surface area (Å²) in [7, 11) is 0. The summed E-state index contributed by atoms with van der Waals surface area (Å²) in [5.41, 5.74) is 4.61. The van der Waals surface area contributed by atoms with Gasteiger partial charge in [-0.15, -0.1) is 0 Å². The number of carbonyl (C=O) groups is 2. The van der Waals surface area contributed by atoms with Crippen LogP contribution in [0.2, 0.25) is 0 Å². The van der Waals surface area contributed by atoms with Gasteiger partial charge in [-0.2, -0.15) is 5.26 Å². The lowest BCUT2D eigenvalue weighted by Gasteiger charge is -2.07. The lowest BCUT2D eigenvalue weighted by molar-refractivity contribution is 0.0694. The molecule has 2 heterocycles. The summed E-state index contributed by atoms with van der Waals surface area (Å²) in [6.07, 6.45) is 28.9. The second kappa shape index (κ2) is 25.4. The van der Waals surface area contributed by atoms with E-state index in [2.05, 4.69) is 33.8 Å². The molecule has 0 saturated heterocycles. The molecule has 0 atom stereocenters. The molecule has 58 heavy (non-hydrogen) atoms. The van der Waals surface area contributed by atoms with Crippen molar-refractivity contribution in [2.24, 2.45) is 0 Å². The highest BCUT2D eigenvalue weighted by Crippen LogP contribution is 2.22. The minimum atomic E-state index is -0.923. The quantitative estimate of drug-likeness (QED) is 0.0412. The standard InChI is InChI=1S/C27H28FN3O2.C21H28N2O2/c1-2-3-4-5-6-7-8-9-21-18-30-26(31-19-21)22-11-13-23(14-12-22)27(32)33-25-15-10-20(17-29)16-24(25)28;1-2-3-4-5-6-7-8-9-10-17-15-22-20(23-16-17)18-11-13-19(14-12-18)21(24)25/h10-16,18-19H,2-9H2,1H3;11-16H,2-10H2,1H3,(H,24,25). The first-order valence-electron chi connectivity index (χ1n) is 20.8. The van der Waals surface area contributed by atoms with Gasteiger partial charge in [-0.25, -0.2) is 33.9 Å². The van der Waals surface area contributed by atoms with Crippen molar-refractivity contribution in [3.8, 4) is 34.6 Å². The SMILES string of the molecule is CCCCCCCCCCc1cnc(-c2ccc(C(=O)O)cc2)nc1.CCCCCCCCCc1cnc(-c2ccc(C(=O)Oc3ccc(C#N)cc3F)cc2)nc1. The number of hydrogen-bond acceptors (Lipinski definition) is 8. The maximum Gasteiger partial charge on any atom is 0.343 e. The fourth-order valence-corrected chi connectivity index (χ4v) is 6.34. The van der Waals surface area contributed by atoms with Gasteiger partial charge in [-0.1, -0.05) is 122 Å². The molecule has 0 unspecified atom stereocenters. The van der Waals surface area contributed by atoms with Gasteiger partial charge in [0.15, 0.2) is 23.2 Å². The molecular formula is C48H56FN5O4. The summed E-state index contributed by atoms with van der Waals surface area (Å²) < 4.78 is 19.1. The van der Waals surface area contributed by atoms with E-state index in [0.29, 0.717) is 11.6 Å². The van der Waals surface area contributed by atoms with Crippen LogP contribution >= 0.6 is 0 Å². The first-order chi connectivity index (χ1) is 28.3. The number of ether oxygens (including phenoxy) is 1. The van der Waals surface area contributed by atoms with E-state index in [9.17, 15) is 14.0 Å². The molecule has 3 aromatic carbocycles. The fraction of sp³-hybridized carbons (Fsp3) is 0.396. The van der Waals surface area contributed by atoms with E-state index in [-0.39, 0.29) is 22.4 Å². The maximum atomic E-state index is 13.9. The minimum Gasteiger partial charge on any atom is -0.478 e. The molecule has 0 spiro atoms. The average Bonchev–Trinajstić information content (AvgIpc) is 3.25. The van der Waals surface area contributed by atoms with Crippen molar-refractivity contribution in [1.29, 1.82) is 5.26 Å². The van der Waals surface area contributed by atoms with Crippen LogP contribution in [-0.2, 0) is 12.8 Å². The molecule has 0 amide bonds. The minimum absolute atomic E-state index is 0.157. The van der Waals surface area contributed by atoms with Crippen LogP contribution in [0, 0.1) is 17.1 Å². The summed E-state index contributed by atoms with van der Waals surface area (Å²) in [5.74, 6) is -1.37. The van der Waals surface area contributed by atoms with Crippen LogP contribution in [0.25, 0.3) is 22.8 Å². The number of rotatable bonds is 22. The number of unbranched alkanes of at least 4 members (excludes halogenated alkanes) is 13. The highest BCUT2D eigenvalue weighted by molar-refractivity contribution is 5.91. The van der Waals surface area contributed by atoms with Crippen LogP contribution in [-0.4, -0.2) is 37.0 Å². The van der Waals surface area contributed by atoms with E-state index in [4.69, 9.17) is 15.1 Å². The number of aromatic carboxylic acids is 1. The normalized spacial score (nSPS) is 10.7. The molecule has 0 fully saturated rings. The third kappa shape index (κ3) is 15.6. The zero-order valence-corrected chi connectivity index (χ0v) is 34.0. The lowest BCUT2D eigenvalue weighted by Crippen LogP contribution is -2.09. The number of aryl methyl sites for hydroxylation is 2. The van der Waals surface area contributed by atoms with Gasteiger partial charge in [-0.05, 0) is 79.3 Å². The molecule has 0 bridgehead atoms. The third-order valence-electron chi connectivity index (χ3n) is 9.83. The Morgan fingerprint density at radius 2 is 1.02 bits per heavy atom. The predicted octanol–water partition coefficient (Wildman–Crippen LogP) is 12.2. The molecule has 2 aromatic heterocycles. The number of nitriles is 1. The number of aromatic nitrogens is 4. The first kappa shape index (κ1) is 44.9. The Morgan fingerprint density at radius 3 is 1.41 bits per heavy atom. The first-order valence-corrected chi connectivity index (χ1v) is 20.8. The molecule has 5 aromatic rings. The number of carboxylic acids is 1. The molecule has 9 nitrogen and oxygen atoms in total. The maximum absolute atomic E-state index is 13.9. The van der Waals surface area contributed by atoms with Crippen molar-refractivity contribution in [2.45, 2.75) is 123 Å². The monoisotopic (exact) mass is 785 g/mol. The Labute approximate surface area is 342 Å². The molecule has 304 valence electrons. The summed E-state index contributed by atoms with van der Waals surface area (Å²) in [6.45, 7) is 4.48. The summed E-state index contributed by atoms with van der Waals surface area (Å²) >= 11 is 0. The van der Waals surface area contributed by atoms with Crippen molar-refractivity contribution in [3.05, 3.63) is 125 Å². The molecule has 5 rings (SSSR count). The van der Waals surface area contributed by atoms with Gasteiger partial charge in [0.25, 0.3) is 0 Å². The van der Waals surface area contributed by atoms with Gasteiger partial charge < -0.3 is 9.84 Å². The van der Waals surface area contributed by atoms with Crippen LogP contribution < -0.4 is 4.74 Å². The van der Waals surface area contributed by atoms with E-state index in [1.54, 1.807) is 48.5 Å². The number of carboxylic acid groups (broad SMARTS) is 1. The van der Waals surface area contributed by atoms with Crippen LogP contribution in [0.4, 0.5) is 4.39 Å². The zero-order valence-electron chi connectivity index (χ0n) is 34.0. The molecule has 0 aliphatic heterocycles. The van der Waals surface area contributed by atoms with E-state index >= 15 is 0 Å². The van der Waals surface area contributed by atoms with Crippen molar-refractivity contribution in [3.63, 3.8) is 0 Å². The second-order valence-corrected chi connectivity index (χ2v) is 14.5. The van der Waals surface area contributed by atoms with Crippen LogP contribution in [0.15, 0.2) is 91.5 Å². The summed E-state index contributed by atoms with van der Waals surface area (Å²) in [5, 5.41) is 17.7. The average molecular weight is 786 g/mol. The van der Waals surface area contributed by atoms with Crippen molar-refractivity contribution < 1.29 is 23.8 Å². The number of carbonyl (C=O) groups excluding carboxylic acids is 1. The predicted molar refractivity (Wildman–Crippen MR) is 226 cm³/mol. The molecule has 0 saturated carbocycles. The molecule has 0 aliphatic carbocycles. The molecular weight excluding hydrogens is 730 g/mol. The van der Waals surface area contributed by atoms with Gasteiger partial charge in [0.1, 0.15) is 0 Å². The number of halogens is 1. The Kier molecular flexibility index (Phi) is 19.7. The number of hydrogen-bond donors (Lipinski definition) is 1. The summed E-state index contributed by atoms with van der Waals surface area (Å²) in [4.78, 5) is 40.9. The Bertz CT molecular complexity index is 2010. The van der Waals surface area contributed by atoms with E-state index in [0.717, 1.165) is 47.6 Å². The van der Waals surface area contributed by atoms with Gasteiger partial charge in [-0.3, -0.25) is 0 Å². The van der Waals surface area contributed by atoms with Crippen molar-refractivity contribution in [1.82, 2.24) is 19.9 Å². The highest BCUT2D eigenvalue weighted by Gasteiger charge is 2.13. The second-order valence-electron chi connectivity index (χ2n) is 14.5. The van der Waals surface area contributed by atoms with Crippen molar-refractivity contribution >= 4 is 11.9 Å². The van der Waals surface area contributed by atoms with Crippen molar-refractivity contribution in [2.75, 3.05) is 0 Å². The largest absolute Gasteiger partial charge is 0.478 e. The van der Waals surface area contributed by atoms with Crippen LogP contribution in [0.1, 0.15) is 148 Å². The smallest absolute Gasteiger partial charge is 0.343 e. The van der Waals surface area contributed by atoms with Gasteiger partial charge in [0.2, 0.25) is 0 Å². The number of nitrogens with zero attached hydrogens (tertiary/aromatic N) is 5. The Hall–Kier alpha value is -5.82. The van der Waals surface area contributed by atoms with Gasteiger partial charge in [0.05, 0.1) is 22.8 Å². The van der Waals surface area contributed by atoms with E-state index < -0.39 is 17.8 Å². The molecule has 0 aliphatic rings. The molecule has 0 radical (unpaired) electrons. The van der Waals surface area contributed by atoms with Crippen LogP contribution in [0.3, 0.4) is 0 Å². The fourth-order valence-electron chi connectivity index (χ4n) is 6.34. The van der Waals surface area contributed by atoms with E-state index in [1.807, 2.05) is 30.9 Å². The van der Waals surface area contributed by atoms with Crippen LogP contribution in [0.5, 0.6) is 5.75 Å². The summed E-state index contributed by atoms with van der Waals surface area (Å²) in [6, 6.07) is 18.8. The topological polar surface area (TPSA) is 139 Å². The Morgan fingerprint density at radius 1 is 0.603 bits per heavy atom. The number of esters is 1. The molecule has 10 heteroatoms. The molecule has 1 N–H and O–H groups in total.